The van der Waals surface area contributed by atoms with Crippen molar-refractivity contribution in [2.24, 2.45) is 0 Å². The van der Waals surface area contributed by atoms with Crippen LogP contribution in [0.15, 0.2) is 84.0 Å². The van der Waals surface area contributed by atoms with Crippen LogP contribution < -0.4 is 21.3 Å². The first kappa shape index (κ1) is 60.0. The predicted octanol–water partition coefficient (Wildman–Crippen LogP) is 12.3. The fraction of sp³-hybridized carbons (Fsp3) is 0.339. The van der Waals surface area contributed by atoms with Crippen molar-refractivity contribution in [1.82, 2.24) is 34.8 Å². The van der Waals surface area contributed by atoms with Gasteiger partial charge in [-0.25, -0.2) is 47.8 Å². The van der Waals surface area contributed by atoms with Crippen LogP contribution in [-0.2, 0) is 26.7 Å². The monoisotopic (exact) mass is 1190 g/mol. The normalized spacial score (nSPS) is 17.5. The van der Waals surface area contributed by atoms with Gasteiger partial charge in [-0.3, -0.25) is 19.3 Å². The Morgan fingerprint density at radius 2 is 1.12 bits per heavy atom. The Labute approximate surface area is 480 Å². The lowest BCUT2D eigenvalue weighted by Gasteiger charge is -2.37. The minimum absolute atomic E-state index is 0.0269. The number of aromatic nitrogens is 6. The highest BCUT2D eigenvalue weighted by Crippen LogP contribution is 2.45. The van der Waals surface area contributed by atoms with Crippen LogP contribution in [0.2, 0.25) is 10.0 Å². The fourth-order valence-electron chi connectivity index (χ4n) is 9.67. The zero-order valence-electron chi connectivity index (χ0n) is 43.8. The van der Waals surface area contributed by atoms with E-state index in [1.807, 2.05) is 22.0 Å². The van der Waals surface area contributed by atoms with Gasteiger partial charge in [0.25, 0.3) is 5.91 Å². The van der Waals surface area contributed by atoms with E-state index in [9.17, 15) is 40.7 Å². The molecule has 2 atom stereocenters. The molecule has 2 unspecified atom stereocenters. The number of pyridine rings is 2. The second-order valence-corrected chi connectivity index (χ2v) is 20.7. The molecule has 17 nitrogen and oxygen atoms in total. The molecular formula is C56H50Cl3F6N13O4. The molecule has 5 aliphatic rings. The van der Waals surface area contributed by atoms with Crippen molar-refractivity contribution >= 4 is 97.0 Å². The number of hydrogen-bond donors (Lipinski definition) is 3. The number of aliphatic carboxylic acids is 1. The van der Waals surface area contributed by atoms with Gasteiger partial charge in [0, 0.05) is 64.7 Å². The standard InChI is InChI=1S/C25H21ClF3N7O.C21H18ClF3N6.C5H5ClO.C5H6O2/c1-13-8-19(30)34-22(21(13)25(27,28)29)15-10-18-16(9-17(15)26)23(33-12-32-18)35-6-7-36(20(11-35)31-2)24(37)14-4-3-5-14;1-11-6-17(26)30-19(18(11)21(23,24)25)13-8-16-14(7-15(13)22)20(29-10-28-16)31-5-3-4-12(9-31)27-2;2*6-5(7)4-2-1-3-4/h4,8-10,12,20H,3,5-7,11H2,1H3,(H2,30,34);6-8,10,12H,3-5,9H2,1H3,(H2,26,30);2H,1,3H2;2H,1,3H2,(H,6,7). The Morgan fingerprint density at radius 1 is 0.659 bits per heavy atom. The fourth-order valence-corrected chi connectivity index (χ4v) is 10.3. The summed E-state index contributed by atoms with van der Waals surface area (Å²) in [6.45, 7) is 19.8. The maximum Gasteiger partial charge on any atom is 0.418 e. The minimum Gasteiger partial charge on any atom is -0.478 e. The van der Waals surface area contributed by atoms with E-state index >= 15 is 0 Å². The molecule has 2 aromatic carbocycles. The first-order chi connectivity index (χ1) is 38.9. The van der Waals surface area contributed by atoms with Gasteiger partial charge in [0.15, 0.2) is 0 Å². The first-order valence-electron chi connectivity index (χ1n) is 25.5. The van der Waals surface area contributed by atoms with Crippen LogP contribution >= 0.6 is 34.8 Å². The predicted molar refractivity (Wildman–Crippen MR) is 300 cm³/mol. The van der Waals surface area contributed by atoms with Gasteiger partial charge in [-0.05, 0) is 118 Å². The van der Waals surface area contributed by atoms with E-state index in [4.69, 9.17) is 64.5 Å². The van der Waals surface area contributed by atoms with Crippen LogP contribution in [0.1, 0.15) is 73.6 Å². The van der Waals surface area contributed by atoms with E-state index in [2.05, 4.69) is 39.6 Å². The van der Waals surface area contributed by atoms with Gasteiger partial charge in [0.2, 0.25) is 11.3 Å². The lowest BCUT2D eigenvalue weighted by Crippen LogP contribution is -2.54. The van der Waals surface area contributed by atoms with Crippen LogP contribution in [-0.4, -0.2) is 102 Å². The molecule has 426 valence electrons. The number of hydrogen-bond acceptors (Lipinski definition) is 13. The molecule has 0 radical (unpaired) electrons. The number of rotatable bonds is 7. The number of nitrogens with zero attached hydrogens (tertiary/aromatic N) is 11. The Balaban J connectivity index is 0.000000174. The quantitative estimate of drug-likeness (QED) is 0.0769. The number of piperidine rings is 1. The third-order valence-corrected chi connectivity index (χ3v) is 15.0. The van der Waals surface area contributed by atoms with Crippen molar-refractivity contribution in [3.05, 3.63) is 139 Å². The van der Waals surface area contributed by atoms with Gasteiger partial charge in [-0.15, -0.1) is 0 Å². The summed E-state index contributed by atoms with van der Waals surface area (Å²) in [6.07, 6.45) is 5.03. The number of carbonyl (C=O) groups is 3. The number of alkyl halides is 6. The molecule has 2 fully saturated rings. The average Bonchev–Trinajstić information content (AvgIpc) is 3.57. The van der Waals surface area contributed by atoms with Crippen LogP contribution in [0.5, 0.6) is 0 Å². The van der Waals surface area contributed by atoms with Crippen LogP contribution in [0.25, 0.3) is 54.0 Å². The third-order valence-electron chi connectivity index (χ3n) is 14.1. The number of fused-ring (bicyclic) bond motifs is 2. The van der Waals surface area contributed by atoms with Gasteiger partial charge in [0.05, 0.1) is 50.1 Å². The van der Waals surface area contributed by atoms with Crippen molar-refractivity contribution < 1.29 is 45.8 Å². The lowest BCUT2D eigenvalue weighted by molar-refractivity contribution is -0.138. The van der Waals surface area contributed by atoms with Gasteiger partial charge >= 0.3 is 24.5 Å². The number of carboxylic acid groups (broad SMARTS) is 1. The second-order valence-electron chi connectivity index (χ2n) is 19.6. The van der Waals surface area contributed by atoms with Crippen LogP contribution in [0.3, 0.4) is 0 Å². The number of anilines is 4. The highest BCUT2D eigenvalue weighted by molar-refractivity contribution is 6.67. The van der Waals surface area contributed by atoms with Crippen molar-refractivity contribution in [2.75, 3.05) is 54.0 Å². The molecule has 2 aliphatic heterocycles. The minimum atomic E-state index is -4.67. The lowest BCUT2D eigenvalue weighted by atomic mass is 9.97. The molecule has 2 saturated heterocycles. The molecule has 11 rings (SSSR count). The molecule has 0 spiro atoms. The summed E-state index contributed by atoms with van der Waals surface area (Å²) in [5, 5.41) is 9.11. The number of allylic oxidation sites excluding steroid dienone is 4. The molecule has 0 saturated carbocycles. The number of amides is 1. The molecule has 0 bridgehead atoms. The molecule has 5 N–H and O–H groups in total. The maximum atomic E-state index is 13.9. The number of carboxylic acids is 1. The zero-order valence-corrected chi connectivity index (χ0v) is 46.1. The third kappa shape index (κ3) is 13.3. The van der Waals surface area contributed by atoms with E-state index < -0.39 is 35.6 Å². The number of carbonyl (C=O) groups excluding carboxylic acids is 2. The summed E-state index contributed by atoms with van der Waals surface area (Å²) in [7, 11) is 0. The van der Waals surface area contributed by atoms with E-state index in [-0.39, 0.29) is 79.1 Å². The second kappa shape index (κ2) is 24.9. The number of halogens is 9. The molecule has 26 heteroatoms. The molecule has 6 aromatic rings. The van der Waals surface area contributed by atoms with Gasteiger partial charge in [-0.1, -0.05) is 41.4 Å². The molecule has 4 aromatic heterocycles. The summed E-state index contributed by atoms with van der Waals surface area (Å²) in [4.78, 5) is 70.7. The Hall–Kier alpha value is -8.12. The van der Waals surface area contributed by atoms with Crippen molar-refractivity contribution in [2.45, 2.75) is 89.8 Å². The summed E-state index contributed by atoms with van der Waals surface area (Å²) in [5.41, 5.74) is 11.9. The Bertz CT molecular complexity index is 3680. The highest BCUT2D eigenvalue weighted by Gasteiger charge is 2.40. The molecule has 3 aliphatic carbocycles. The summed E-state index contributed by atoms with van der Waals surface area (Å²) in [6, 6.07) is 8.22. The van der Waals surface area contributed by atoms with Crippen LogP contribution in [0, 0.1) is 27.0 Å². The van der Waals surface area contributed by atoms with E-state index in [1.54, 1.807) is 17.0 Å². The van der Waals surface area contributed by atoms with Gasteiger partial charge in [0.1, 0.15) is 42.5 Å². The van der Waals surface area contributed by atoms with E-state index in [0.29, 0.717) is 58.6 Å². The van der Waals surface area contributed by atoms with Crippen molar-refractivity contribution in [3.8, 4) is 22.5 Å². The Kier molecular flexibility index (Phi) is 18.2. The topological polar surface area (TPSA) is 219 Å². The average molecular weight is 1190 g/mol. The largest absolute Gasteiger partial charge is 0.478 e. The molecular weight excluding hydrogens is 1140 g/mol. The number of piperazine rings is 1. The zero-order chi connectivity index (χ0) is 59.4. The number of nitrogen functional groups attached to an aromatic ring is 2. The van der Waals surface area contributed by atoms with Gasteiger partial charge in [-0.2, -0.15) is 26.3 Å². The maximum absolute atomic E-state index is 13.9. The highest BCUT2D eigenvalue weighted by atomic mass is 35.5. The molecule has 82 heavy (non-hydrogen) atoms. The molecule has 1 amide bonds. The van der Waals surface area contributed by atoms with E-state index in [0.717, 1.165) is 69.1 Å². The summed E-state index contributed by atoms with van der Waals surface area (Å²) < 4.78 is 83.0. The number of aryl methyl sites for hydroxylation is 2. The number of nitrogens with two attached hydrogens (primary N) is 2. The SMILES string of the molecule is O=C(Cl)C1=CCC1.O=C(O)C1=CCC1.[C-]#[N+]C1CCCN(c2ncnc3cc(-c4nc(N)cc(C)c4C(F)(F)F)c(Cl)cc23)C1.[C-]#[N+]C1CN(c2ncnc3cc(-c4nc(N)cc(C)c4C(F)(F)F)c(Cl)cc23)CCN1C(=O)C1=CCC1. The molecule has 6 heterocycles. The summed E-state index contributed by atoms with van der Waals surface area (Å²) in [5.74, 6) is 0.131. The van der Waals surface area contributed by atoms with Crippen molar-refractivity contribution in [3.63, 3.8) is 0 Å². The smallest absolute Gasteiger partial charge is 0.418 e. The van der Waals surface area contributed by atoms with Crippen molar-refractivity contribution in [1.29, 1.82) is 0 Å². The van der Waals surface area contributed by atoms with Gasteiger partial charge < -0.3 is 31.2 Å². The van der Waals surface area contributed by atoms with Crippen LogP contribution in [0.4, 0.5) is 49.6 Å². The van der Waals surface area contributed by atoms with E-state index in [1.165, 1.54) is 56.8 Å². The first-order valence-corrected chi connectivity index (χ1v) is 26.6. The number of benzene rings is 2. The summed E-state index contributed by atoms with van der Waals surface area (Å²) >= 11 is 18.1. The Morgan fingerprint density at radius 3 is 1.49 bits per heavy atom.